The van der Waals surface area contributed by atoms with E-state index in [9.17, 15) is 0 Å². The van der Waals surface area contributed by atoms with Crippen molar-refractivity contribution in [3.05, 3.63) is 0 Å². The topological polar surface area (TPSA) is 27.6 Å². The lowest BCUT2D eigenvalue weighted by atomic mass is 10.6. The molecule has 0 amide bonds. The second kappa shape index (κ2) is 3.93. The van der Waals surface area contributed by atoms with Crippen LogP contribution in [0.5, 0.6) is 0 Å². The Labute approximate surface area is 65.5 Å². The molecule has 5 heteroatoms. The van der Waals surface area contributed by atoms with E-state index in [0.29, 0.717) is 5.88 Å². The van der Waals surface area contributed by atoms with Crippen molar-refractivity contribution in [2.75, 3.05) is 12.9 Å². The molecule has 54 valence electrons. The van der Waals surface area contributed by atoms with E-state index in [1.54, 1.807) is 6.34 Å². The van der Waals surface area contributed by atoms with E-state index >= 15 is 0 Å². The van der Waals surface area contributed by atoms with Gasteiger partial charge in [0.05, 0.1) is 12.2 Å². The van der Waals surface area contributed by atoms with Crippen LogP contribution < -0.4 is 5.43 Å². The molecule has 0 aromatic heterocycles. The van der Waals surface area contributed by atoms with E-state index < -0.39 is 0 Å². The second-order valence-electron chi connectivity index (χ2n) is 1.65. The van der Waals surface area contributed by atoms with E-state index in [1.807, 2.05) is 12.1 Å². The second-order valence-corrected chi connectivity index (χ2v) is 1.96. The van der Waals surface area contributed by atoms with Crippen LogP contribution in [-0.4, -0.2) is 30.4 Å². The number of hydrazine groups is 1. The molecule has 0 spiro atoms. The number of rotatable bonds is 1. The smallest absolute Gasteiger partial charge is 0.134 e. The van der Waals surface area contributed by atoms with Crippen molar-refractivity contribution in [3.8, 4) is 0 Å². The lowest BCUT2D eigenvalue weighted by Gasteiger charge is -2.13. The molecule has 1 unspecified atom stereocenters. The molecule has 1 aliphatic heterocycles. The summed E-state index contributed by atoms with van der Waals surface area (Å²) in [5.74, 6) is 0.542. The predicted molar refractivity (Wildman–Crippen MR) is 41.1 cm³/mol. The van der Waals surface area contributed by atoms with E-state index in [2.05, 4.69) is 10.4 Å². The first kappa shape index (κ1) is 9.01. The Morgan fingerprint density at radius 3 is 2.78 bits per heavy atom. The SMILES string of the molecule is CN1NC=NC1CCl.Cl. The van der Waals surface area contributed by atoms with Crippen LogP contribution in [0.4, 0.5) is 0 Å². The summed E-state index contributed by atoms with van der Waals surface area (Å²) in [5, 5.41) is 1.85. The summed E-state index contributed by atoms with van der Waals surface area (Å²) in [7, 11) is 1.90. The summed E-state index contributed by atoms with van der Waals surface area (Å²) < 4.78 is 0. The van der Waals surface area contributed by atoms with Gasteiger partial charge in [-0.05, 0) is 0 Å². The van der Waals surface area contributed by atoms with Crippen molar-refractivity contribution < 1.29 is 0 Å². The van der Waals surface area contributed by atoms with Crippen LogP contribution in [0.15, 0.2) is 4.99 Å². The Balaban J connectivity index is 0.000000640. The molecule has 0 radical (unpaired) electrons. The standard InChI is InChI=1S/C4H8ClN3.ClH/c1-8-4(2-5)6-3-7-8;/h3-4H,2H2,1H3,(H,6,7);1H. The Morgan fingerprint density at radius 1 is 1.89 bits per heavy atom. The van der Waals surface area contributed by atoms with Crippen LogP contribution in [0, 0.1) is 0 Å². The number of nitrogens with one attached hydrogen (secondary N) is 1. The van der Waals surface area contributed by atoms with Crippen molar-refractivity contribution in [3.63, 3.8) is 0 Å². The van der Waals surface area contributed by atoms with Gasteiger partial charge in [0, 0.05) is 7.05 Å². The molecule has 1 heterocycles. The molecule has 1 atom stereocenters. The minimum atomic E-state index is 0. The molecule has 0 saturated carbocycles. The van der Waals surface area contributed by atoms with Gasteiger partial charge in [-0.3, -0.25) is 4.99 Å². The van der Waals surface area contributed by atoms with Gasteiger partial charge in [0.2, 0.25) is 0 Å². The first-order valence-corrected chi connectivity index (χ1v) is 2.94. The number of hydrogen-bond donors (Lipinski definition) is 1. The van der Waals surface area contributed by atoms with Gasteiger partial charge in [-0.25, -0.2) is 5.01 Å². The first-order valence-electron chi connectivity index (χ1n) is 2.41. The van der Waals surface area contributed by atoms with Gasteiger partial charge in [0.25, 0.3) is 0 Å². The van der Waals surface area contributed by atoms with Crippen molar-refractivity contribution in [1.29, 1.82) is 0 Å². The van der Waals surface area contributed by atoms with E-state index in [4.69, 9.17) is 11.6 Å². The van der Waals surface area contributed by atoms with Crippen molar-refractivity contribution in [2.24, 2.45) is 4.99 Å². The van der Waals surface area contributed by atoms with Gasteiger partial charge in [0.1, 0.15) is 6.17 Å². The fraction of sp³-hybridized carbons (Fsp3) is 0.750. The highest BCUT2D eigenvalue weighted by atomic mass is 35.5. The van der Waals surface area contributed by atoms with Crippen LogP contribution in [0.1, 0.15) is 0 Å². The van der Waals surface area contributed by atoms with E-state index in [0.717, 1.165) is 0 Å². The molecular weight excluding hydrogens is 161 g/mol. The molecule has 1 rings (SSSR count). The van der Waals surface area contributed by atoms with Crippen LogP contribution >= 0.6 is 24.0 Å². The van der Waals surface area contributed by atoms with Gasteiger partial charge >= 0.3 is 0 Å². The molecule has 0 saturated heterocycles. The van der Waals surface area contributed by atoms with E-state index in [1.165, 1.54) is 0 Å². The monoisotopic (exact) mass is 169 g/mol. The minimum Gasteiger partial charge on any atom is -0.308 e. The zero-order valence-corrected chi connectivity index (χ0v) is 6.61. The molecular formula is C4H9Cl2N3. The van der Waals surface area contributed by atoms with Crippen LogP contribution in [0.2, 0.25) is 0 Å². The highest BCUT2D eigenvalue weighted by molar-refractivity contribution is 6.18. The maximum absolute atomic E-state index is 5.51. The summed E-state index contributed by atoms with van der Waals surface area (Å²) in [4.78, 5) is 3.99. The maximum atomic E-state index is 5.51. The van der Waals surface area contributed by atoms with Gasteiger partial charge in [-0.15, -0.1) is 24.0 Å². The normalized spacial score (nSPS) is 25.3. The molecule has 0 aliphatic carbocycles. The Kier molecular flexibility index (Phi) is 3.93. The Bertz CT molecular complexity index is 106. The van der Waals surface area contributed by atoms with Gasteiger partial charge in [-0.1, -0.05) is 0 Å². The van der Waals surface area contributed by atoms with Gasteiger partial charge in [-0.2, -0.15) is 0 Å². The lowest BCUT2D eigenvalue weighted by molar-refractivity contribution is 0.259. The highest BCUT2D eigenvalue weighted by Crippen LogP contribution is 2.00. The molecule has 9 heavy (non-hydrogen) atoms. The zero-order chi connectivity index (χ0) is 5.98. The molecule has 0 aromatic rings. The van der Waals surface area contributed by atoms with Gasteiger partial charge in [0.15, 0.2) is 0 Å². The fourth-order valence-electron chi connectivity index (χ4n) is 0.540. The zero-order valence-electron chi connectivity index (χ0n) is 5.04. The third kappa shape index (κ3) is 2.01. The average Bonchev–Trinajstić information content (AvgIpc) is 2.14. The third-order valence-corrected chi connectivity index (χ3v) is 1.37. The Morgan fingerprint density at radius 2 is 2.56 bits per heavy atom. The Hall–Kier alpha value is 0.01000. The molecule has 3 nitrogen and oxygen atoms in total. The molecule has 1 aliphatic rings. The van der Waals surface area contributed by atoms with E-state index in [-0.39, 0.29) is 18.6 Å². The quantitative estimate of drug-likeness (QED) is 0.578. The summed E-state index contributed by atoms with van der Waals surface area (Å²) in [6, 6.07) is 0. The number of nitrogens with zero attached hydrogens (tertiary/aromatic N) is 2. The summed E-state index contributed by atoms with van der Waals surface area (Å²) in [6.45, 7) is 0. The van der Waals surface area contributed by atoms with Gasteiger partial charge < -0.3 is 5.43 Å². The first-order chi connectivity index (χ1) is 3.84. The summed E-state index contributed by atoms with van der Waals surface area (Å²) >= 11 is 5.51. The summed E-state index contributed by atoms with van der Waals surface area (Å²) in [5.41, 5.74) is 2.88. The highest BCUT2D eigenvalue weighted by Gasteiger charge is 2.13. The largest absolute Gasteiger partial charge is 0.308 e. The predicted octanol–water partition coefficient (Wildman–Crippen LogP) is 0.451. The number of aliphatic imine (C=N–C) groups is 1. The molecule has 0 fully saturated rings. The molecule has 0 aromatic carbocycles. The van der Waals surface area contributed by atoms with Crippen molar-refractivity contribution >= 4 is 30.3 Å². The molecule has 1 N–H and O–H groups in total. The molecule has 0 bridgehead atoms. The summed E-state index contributed by atoms with van der Waals surface area (Å²) in [6.07, 6.45) is 1.77. The number of hydrogen-bond acceptors (Lipinski definition) is 3. The van der Waals surface area contributed by atoms with Crippen molar-refractivity contribution in [1.82, 2.24) is 10.4 Å². The van der Waals surface area contributed by atoms with Crippen LogP contribution in [0.25, 0.3) is 0 Å². The van der Waals surface area contributed by atoms with Crippen LogP contribution in [-0.2, 0) is 0 Å². The van der Waals surface area contributed by atoms with Crippen LogP contribution in [0.3, 0.4) is 0 Å². The maximum Gasteiger partial charge on any atom is 0.134 e. The minimum absolute atomic E-state index is 0. The number of alkyl halides is 1. The lowest BCUT2D eigenvalue weighted by Crippen LogP contribution is -2.35. The third-order valence-electron chi connectivity index (χ3n) is 1.09. The fourth-order valence-corrected chi connectivity index (χ4v) is 0.827. The average molecular weight is 170 g/mol. The van der Waals surface area contributed by atoms with Crippen molar-refractivity contribution in [2.45, 2.75) is 6.17 Å². The number of halogens is 2.